The summed E-state index contributed by atoms with van der Waals surface area (Å²) in [5, 5.41) is 7.80. The van der Waals surface area contributed by atoms with Gasteiger partial charge >= 0.3 is 0 Å². The molecule has 2 aromatic rings. The molecular formula is C12H12ClN3O. The number of aromatic nitrogens is 3. The molecule has 0 aromatic carbocycles. The Morgan fingerprint density at radius 3 is 2.65 bits per heavy atom. The predicted octanol–water partition coefficient (Wildman–Crippen LogP) is 2.23. The normalized spacial score (nSPS) is 10.2. The summed E-state index contributed by atoms with van der Waals surface area (Å²) in [5.74, 6) is 0.871. The predicted molar refractivity (Wildman–Crippen MR) is 65.0 cm³/mol. The van der Waals surface area contributed by atoms with E-state index < -0.39 is 0 Å². The average Bonchev–Trinajstić information content (AvgIpc) is 2.41. The van der Waals surface area contributed by atoms with E-state index in [-0.39, 0.29) is 0 Å². The van der Waals surface area contributed by atoms with Gasteiger partial charge in [-0.3, -0.25) is 4.98 Å². The van der Waals surface area contributed by atoms with Gasteiger partial charge in [0.1, 0.15) is 0 Å². The molecule has 0 saturated heterocycles. The van der Waals surface area contributed by atoms with Gasteiger partial charge in [0, 0.05) is 24.4 Å². The lowest BCUT2D eigenvalue weighted by Gasteiger charge is -2.04. The van der Waals surface area contributed by atoms with Crippen LogP contribution in [0.25, 0.3) is 0 Å². The van der Waals surface area contributed by atoms with Crippen LogP contribution < -0.4 is 4.74 Å². The minimum atomic E-state index is 0.362. The second-order valence-corrected chi connectivity index (χ2v) is 3.68. The molecule has 0 aliphatic carbocycles. The third kappa shape index (κ3) is 3.67. The molecule has 0 fully saturated rings. The molecule has 0 aliphatic heterocycles. The van der Waals surface area contributed by atoms with Crippen LogP contribution >= 0.6 is 11.6 Å². The molecule has 0 bridgehead atoms. The fraction of sp³-hybridized carbons (Fsp3) is 0.250. The van der Waals surface area contributed by atoms with E-state index in [2.05, 4.69) is 15.2 Å². The molecule has 0 amide bonds. The molecular weight excluding hydrogens is 238 g/mol. The standard InChI is InChI=1S/C12H12ClN3O/c13-9-11-4-5-12(16-15-11)17-8-6-10-3-1-2-7-14-10/h1-5,7H,6,8-9H2. The maximum Gasteiger partial charge on any atom is 0.233 e. The minimum absolute atomic E-state index is 0.362. The molecule has 0 radical (unpaired) electrons. The summed E-state index contributed by atoms with van der Waals surface area (Å²) in [6.07, 6.45) is 2.52. The zero-order valence-electron chi connectivity index (χ0n) is 9.21. The highest BCUT2D eigenvalue weighted by Gasteiger charge is 1.98. The van der Waals surface area contributed by atoms with Gasteiger partial charge < -0.3 is 4.74 Å². The van der Waals surface area contributed by atoms with E-state index in [9.17, 15) is 0 Å². The number of halogens is 1. The molecule has 0 aliphatic rings. The van der Waals surface area contributed by atoms with Crippen LogP contribution in [-0.4, -0.2) is 21.8 Å². The summed E-state index contributed by atoms with van der Waals surface area (Å²) in [6, 6.07) is 9.38. The lowest BCUT2D eigenvalue weighted by Crippen LogP contribution is -2.04. The Morgan fingerprint density at radius 2 is 2.00 bits per heavy atom. The van der Waals surface area contributed by atoms with Gasteiger partial charge in [-0.15, -0.1) is 16.7 Å². The smallest absolute Gasteiger partial charge is 0.233 e. The quantitative estimate of drug-likeness (QED) is 0.763. The highest BCUT2D eigenvalue weighted by molar-refractivity contribution is 6.16. The van der Waals surface area contributed by atoms with Crippen LogP contribution in [0.5, 0.6) is 5.88 Å². The molecule has 0 atom stereocenters. The summed E-state index contributed by atoms with van der Waals surface area (Å²) in [5.41, 5.74) is 1.74. The van der Waals surface area contributed by atoms with Gasteiger partial charge in [-0.1, -0.05) is 6.07 Å². The molecule has 17 heavy (non-hydrogen) atoms. The second kappa shape index (κ2) is 6.15. The minimum Gasteiger partial charge on any atom is -0.476 e. The van der Waals surface area contributed by atoms with Gasteiger partial charge in [-0.2, -0.15) is 5.10 Å². The first-order valence-corrected chi connectivity index (χ1v) is 5.83. The van der Waals surface area contributed by atoms with Gasteiger partial charge in [-0.05, 0) is 18.2 Å². The first-order valence-electron chi connectivity index (χ1n) is 5.30. The van der Waals surface area contributed by atoms with Crippen molar-refractivity contribution in [3.05, 3.63) is 47.9 Å². The zero-order chi connectivity index (χ0) is 11.9. The topological polar surface area (TPSA) is 47.9 Å². The van der Waals surface area contributed by atoms with Crippen LogP contribution in [0, 0.1) is 0 Å². The van der Waals surface area contributed by atoms with Crippen LogP contribution in [0.2, 0.25) is 0 Å². The van der Waals surface area contributed by atoms with Gasteiger partial charge in [0.05, 0.1) is 18.2 Å². The third-order valence-corrected chi connectivity index (χ3v) is 2.44. The molecule has 2 rings (SSSR count). The van der Waals surface area contributed by atoms with Crippen LogP contribution in [0.1, 0.15) is 11.4 Å². The van der Waals surface area contributed by atoms with E-state index in [1.807, 2.05) is 18.2 Å². The monoisotopic (exact) mass is 249 g/mol. The number of hydrogen-bond donors (Lipinski definition) is 0. The van der Waals surface area contributed by atoms with Crippen molar-refractivity contribution in [3.63, 3.8) is 0 Å². The lowest BCUT2D eigenvalue weighted by molar-refractivity contribution is 0.304. The van der Waals surface area contributed by atoms with Crippen molar-refractivity contribution in [1.29, 1.82) is 0 Å². The van der Waals surface area contributed by atoms with Crippen molar-refractivity contribution in [1.82, 2.24) is 15.2 Å². The van der Waals surface area contributed by atoms with Crippen LogP contribution in [0.15, 0.2) is 36.5 Å². The number of pyridine rings is 1. The number of nitrogens with zero attached hydrogens (tertiary/aromatic N) is 3. The molecule has 0 saturated carbocycles. The Kier molecular flexibility index (Phi) is 4.27. The largest absolute Gasteiger partial charge is 0.476 e. The van der Waals surface area contributed by atoms with Crippen molar-refractivity contribution in [2.75, 3.05) is 6.61 Å². The van der Waals surface area contributed by atoms with Crippen molar-refractivity contribution in [2.45, 2.75) is 12.3 Å². The molecule has 4 nitrogen and oxygen atoms in total. The highest BCUT2D eigenvalue weighted by Crippen LogP contribution is 2.07. The van der Waals surface area contributed by atoms with E-state index in [4.69, 9.17) is 16.3 Å². The second-order valence-electron chi connectivity index (χ2n) is 3.42. The first-order chi connectivity index (χ1) is 8.38. The zero-order valence-corrected chi connectivity index (χ0v) is 9.97. The van der Waals surface area contributed by atoms with E-state index >= 15 is 0 Å². The molecule has 0 N–H and O–H groups in total. The van der Waals surface area contributed by atoms with Crippen molar-refractivity contribution in [3.8, 4) is 5.88 Å². The van der Waals surface area contributed by atoms with Crippen molar-refractivity contribution in [2.24, 2.45) is 0 Å². The van der Waals surface area contributed by atoms with Crippen LogP contribution in [0.4, 0.5) is 0 Å². The summed E-state index contributed by atoms with van der Waals surface area (Å²) in [6.45, 7) is 0.534. The maximum absolute atomic E-state index is 5.61. The fourth-order valence-electron chi connectivity index (χ4n) is 1.30. The van der Waals surface area contributed by atoms with Crippen molar-refractivity contribution >= 4 is 11.6 Å². The summed E-state index contributed by atoms with van der Waals surface area (Å²) in [4.78, 5) is 4.20. The Labute approximate surface area is 105 Å². The number of alkyl halides is 1. The van der Waals surface area contributed by atoms with Gasteiger partial charge in [0.25, 0.3) is 0 Å². The van der Waals surface area contributed by atoms with E-state index in [1.54, 1.807) is 18.3 Å². The SMILES string of the molecule is ClCc1ccc(OCCc2ccccn2)nn1. The van der Waals surface area contributed by atoms with E-state index in [0.717, 1.165) is 17.8 Å². The third-order valence-electron chi connectivity index (χ3n) is 2.17. The molecule has 0 spiro atoms. The molecule has 0 unspecified atom stereocenters. The Bertz CT molecular complexity index is 447. The highest BCUT2D eigenvalue weighted by atomic mass is 35.5. The van der Waals surface area contributed by atoms with Crippen LogP contribution in [-0.2, 0) is 12.3 Å². The Morgan fingerprint density at radius 1 is 1.06 bits per heavy atom. The molecule has 2 heterocycles. The number of ether oxygens (including phenoxy) is 1. The molecule has 2 aromatic heterocycles. The van der Waals surface area contributed by atoms with Gasteiger partial charge in [0.2, 0.25) is 5.88 Å². The van der Waals surface area contributed by atoms with Crippen LogP contribution in [0.3, 0.4) is 0 Å². The fourth-order valence-corrected chi connectivity index (χ4v) is 1.44. The number of hydrogen-bond acceptors (Lipinski definition) is 4. The molecule has 88 valence electrons. The summed E-state index contributed by atoms with van der Waals surface area (Å²) in [7, 11) is 0. The Hall–Kier alpha value is -1.68. The van der Waals surface area contributed by atoms with E-state index in [1.165, 1.54) is 0 Å². The molecule has 5 heteroatoms. The van der Waals surface area contributed by atoms with Gasteiger partial charge in [-0.25, -0.2) is 0 Å². The maximum atomic E-state index is 5.61. The van der Waals surface area contributed by atoms with Gasteiger partial charge in [0.15, 0.2) is 0 Å². The first kappa shape index (κ1) is 11.8. The number of rotatable bonds is 5. The summed E-state index contributed by atoms with van der Waals surface area (Å²) >= 11 is 5.61. The van der Waals surface area contributed by atoms with E-state index in [0.29, 0.717) is 18.4 Å². The van der Waals surface area contributed by atoms with Crippen molar-refractivity contribution < 1.29 is 4.74 Å². The average molecular weight is 250 g/mol. The Balaban J connectivity index is 1.82. The summed E-state index contributed by atoms with van der Waals surface area (Å²) < 4.78 is 5.45. The lowest BCUT2D eigenvalue weighted by atomic mass is 10.3.